The van der Waals surface area contributed by atoms with Gasteiger partial charge in [-0.15, -0.1) is 0 Å². The first-order valence-corrected chi connectivity index (χ1v) is 17.2. The summed E-state index contributed by atoms with van der Waals surface area (Å²) in [4.78, 5) is 35.7. The van der Waals surface area contributed by atoms with Crippen molar-refractivity contribution in [3.8, 4) is 6.07 Å². The van der Waals surface area contributed by atoms with Gasteiger partial charge in [-0.3, -0.25) is 9.59 Å². The molecule has 0 aromatic carbocycles. The second kappa shape index (κ2) is 9.17. The second-order valence-electron chi connectivity index (χ2n) is 16.1. The molecule has 0 radical (unpaired) electrons. The van der Waals surface area contributed by atoms with E-state index in [0.717, 1.165) is 18.4 Å². The molecular weight excluding hydrogens is 576 g/mol. The fourth-order valence-corrected chi connectivity index (χ4v) is 12.0. The van der Waals surface area contributed by atoms with Gasteiger partial charge in [-0.2, -0.15) is 5.26 Å². The maximum atomic E-state index is 14.6. The van der Waals surface area contributed by atoms with E-state index < -0.39 is 48.7 Å². The van der Waals surface area contributed by atoms with Gasteiger partial charge >= 0.3 is 0 Å². The molecule has 1 heterocycles. The standard InChI is InChI=1S/C34H44N4O5S/c1-28(2)22-8-10-32(6)23(31(22,5)17-21(19-35)27(28)40)16-25(39)34(41)24-18-30(4,13-11-29(24,3)12-14-33(32,34)7)38-44(42,43)26-9-15-36-20-37-26/h9,15-17,20,22,24,38,41H,8,10-14,18H2,1-7H3/t22-,24+,29-,30-,31-,32+,33-,34+/m0/s1. The Labute approximate surface area is 260 Å². The van der Waals surface area contributed by atoms with Crippen molar-refractivity contribution in [2.24, 2.45) is 38.9 Å². The molecule has 0 saturated heterocycles. The summed E-state index contributed by atoms with van der Waals surface area (Å²) in [7, 11) is -3.97. The van der Waals surface area contributed by atoms with Crippen molar-refractivity contribution in [2.75, 3.05) is 0 Å². The minimum Gasteiger partial charge on any atom is -0.381 e. The Hall–Kier alpha value is -2.74. The number of nitrogens with one attached hydrogen (secondary N) is 1. The molecule has 5 aliphatic carbocycles. The number of hydrogen-bond acceptors (Lipinski definition) is 8. The number of carbonyl (C=O) groups excluding carboxylic acids is 2. The quantitative estimate of drug-likeness (QED) is 0.456. The molecule has 3 saturated carbocycles. The van der Waals surface area contributed by atoms with Gasteiger partial charge in [0.25, 0.3) is 10.0 Å². The zero-order valence-corrected chi connectivity index (χ0v) is 27.6. The number of fused-ring (bicyclic) bond motifs is 7. The lowest BCUT2D eigenvalue weighted by Crippen LogP contribution is -2.74. The van der Waals surface area contributed by atoms with Gasteiger partial charge in [-0.1, -0.05) is 47.6 Å². The van der Waals surface area contributed by atoms with Crippen molar-refractivity contribution in [3.63, 3.8) is 0 Å². The Morgan fingerprint density at radius 3 is 2.32 bits per heavy atom. The van der Waals surface area contributed by atoms with Crippen LogP contribution in [0.1, 0.15) is 93.4 Å². The fourth-order valence-electron chi connectivity index (χ4n) is 10.7. The number of ketones is 2. The average Bonchev–Trinajstić information content (AvgIpc) is 2.95. The second-order valence-corrected chi connectivity index (χ2v) is 17.7. The largest absolute Gasteiger partial charge is 0.381 e. The number of hydrogen-bond donors (Lipinski definition) is 2. The molecule has 1 aromatic rings. The van der Waals surface area contributed by atoms with Gasteiger partial charge in [-0.05, 0) is 86.3 Å². The molecule has 6 rings (SSSR count). The molecule has 0 unspecified atom stereocenters. The molecule has 10 heteroatoms. The third-order valence-electron chi connectivity index (χ3n) is 13.5. The Balaban J connectivity index is 1.46. The first-order chi connectivity index (χ1) is 20.2. The van der Waals surface area contributed by atoms with Crippen LogP contribution >= 0.6 is 0 Å². The van der Waals surface area contributed by atoms with E-state index in [9.17, 15) is 28.4 Å². The number of rotatable bonds is 3. The molecule has 8 atom stereocenters. The van der Waals surface area contributed by atoms with Gasteiger partial charge in [0.1, 0.15) is 18.0 Å². The highest BCUT2D eigenvalue weighted by Gasteiger charge is 2.75. The number of allylic oxidation sites excluding steroid dienone is 3. The topological polar surface area (TPSA) is 150 Å². The van der Waals surface area contributed by atoms with Crippen LogP contribution in [0.25, 0.3) is 0 Å². The minimum absolute atomic E-state index is 0.0930. The molecular formula is C34H44N4O5S. The fraction of sp³-hybridized carbons (Fsp3) is 0.676. The number of sulfonamides is 1. The average molecular weight is 621 g/mol. The predicted octanol–water partition coefficient (Wildman–Crippen LogP) is 4.84. The van der Waals surface area contributed by atoms with Crippen molar-refractivity contribution < 1.29 is 23.1 Å². The summed E-state index contributed by atoms with van der Waals surface area (Å²) in [5, 5.41) is 22.8. The Morgan fingerprint density at radius 2 is 1.68 bits per heavy atom. The predicted molar refractivity (Wildman–Crippen MR) is 163 cm³/mol. The van der Waals surface area contributed by atoms with Crippen molar-refractivity contribution >= 4 is 21.6 Å². The summed E-state index contributed by atoms with van der Waals surface area (Å²) in [6.45, 7) is 14.1. The third kappa shape index (κ3) is 3.78. The molecule has 44 heavy (non-hydrogen) atoms. The lowest BCUT2D eigenvalue weighted by atomic mass is 9.33. The summed E-state index contributed by atoms with van der Waals surface area (Å²) < 4.78 is 29.6. The van der Waals surface area contributed by atoms with E-state index in [1.807, 2.05) is 27.7 Å². The maximum absolute atomic E-state index is 14.6. The summed E-state index contributed by atoms with van der Waals surface area (Å²) in [5.74, 6) is -1.10. The van der Waals surface area contributed by atoms with Gasteiger partial charge < -0.3 is 5.11 Å². The molecule has 5 aliphatic rings. The summed E-state index contributed by atoms with van der Waals surface area (Å²) in [6.07, 6.45) is 10.4. The SMILES string of the molecule is CC1(C)C(=O)C(C#N)=C[C@]2(C)C3=CC(=O)[C@]4(O)[C@@H]5C[C@@](C)(NS(=O)(=O)c6ccncn6)CC[C@@]5(C)CC[C@@]4(C)[C@]3(C)CC[C@@H]12. The van der Waals surface area contributed by atoms with Crippen LogP contribution in [0.2, 0.25) is 0 Å². The van der Waals surface area contributed by atoms with E-state index in [1.165, 1.54) is 18.6 Å². The number of carbonyl (C=O) groups is 2. The van der Waals surface area contributed by atoms with Crippen molar-refractivity contribution in [1.82, 2.24) is 14.7 Å². The lowest BCUT2D eigenvalue weighted by molar-refractivity contribution is -0.239. The number of aliphatic hydroxyl groups is 1. The summed E-state index contributed by atoms with van der Waals surface area (Å²) in [5.41, 5.74) is -4.89. The smallest absolute Gasteiger partial charge is 0.258 e. The molecule has 0 amide bonds. The highest BCUT2D eigenvalue weighted by Crippen LogP contribution is 2.75. The monoisotopic (exact) mass is 620 g/mol. The summed E-state index contributed by atoms with van der Waals surface area (Å²) in [6, 6.07) is 3.48. The Morgan fingerprint density at radius 1 is 1.00 bits per heavy atom. The number of nitriles is 1. The van der Waals surface area contributed by atoms with E-state index in [1.54, 1.807) is 12.2 Å². The van der Waals surface area contributed by atoms with Crippen LogP contribution in [-0.2, 0) is 19.6 Å². The van der Waals surface area contributed by atoms with E-state index in [-0.39, 0.29) is 33.5 Å². The lowest BCUT2D eigenvalue weighted by Gasteiger charge is -2.71. The van der Waals surface area contributed by atoms with Crippen LogP contribution < -0.4 is 4.72 Å². The molecule has 0 spiro atoms. The van der Waals surface area contributed by atoms with Gasteiger partial charge in [0.2, 0.25) is 0 Å². The van der Waals surface area contributed by atoms with Gasteiger partial charge in [0.15, 0.2) is 16.6 Å². The maximum Gasteiger partial charge on any atom is 0.258 e. The molecule has 236 valence electrons. The molecule has 1 aromatic heterocycles. The molecule has 9 nitrogen and oxygen atoms in total. The molecule has 3 fully saturated rings. The zero-order valence-electron chi connectivity index (χ0n) is 26.8. The van der Waals surface area contributed by atoms with Crippen molar-refractivity contribution in [3.05, 3.63) is 41.9 Å². The number of Topliss-reactive ketones (excluding diaryl/α,β-unsaturated/α-hetero) is 1. The van der Waals surface area contributed by atoms with E-state index >= 15 is 0 Å². The Bertz CT molecular complexity index is 1680. The van der Waals surface area contributed by atoms with Crippen LogP contribution in [0, 0.1) is 50.2 Å². The van der Waals surface area contributed by atoms with Crippen LogP contribution in [0.4, 0.5) is 0 Å². The van der Waals surface area contributed by atoms with E-state index in [2.05, 4.69) is 41.5 Å². The van der Waals surface area contributed by atoms with Crippen LogP contribution in [-0.4, -0.2) is 46.2 Å². The Kier molecular flexibility index (Phi) is 6.51. The van der Waals surface area contributed by atoms with E-state index in [4.69, 9.17) is 0 Å². The van der Waals surface area contributed by atoms with Crippen molar-refractivity contribution in [1.29, 1.82) is 5.26 Å². The molecule has 0 bridgehead atoms. The van der Waals surface area contributed by atoms with Crippen LogP contribution in [0.3, 0.4) is 0 Å². The highest BCUT2D eigenvalue weighted by atomic mass is 32.2. The molecule has 2 N–H and O–H groups in total. The van der Waals surface area contributed by atoms with Crippen LogP contribution in [0.5, 0.6) is 0 Å². The van der Waals surface area contributed by atoms with Gasteiger partial charge in [0.05, 0.1) is 5.57 Å². The van der Waals surface area contributed by atoms with Crippen LogP contribution in [0.15, 0.2) is 46.9 Å². The molecule has 0 aliphatic heterocycles. The first-order valence-electron chi connectivity index (χ1n) is 15.7. The van der Waals surface area contributed by atoms with Crippen molar-refractivity contribution in [2.45, 2.75) is 110 Å². The summed E-state index contributed by atoms with van der Waals surface area (Å²) >= 11 is 0. The van der Waals surface area contributed by atoms with Gasteiger partial charge in [0, 0.05) is 33.9 Å². The van der Waals surface area contributed by atoms with E-state index in [0.29, 0.717) is 32.1 Å². The highest BCUT2D eigenvalue weighted by molar-refractivity contribution is 7.89. The van der Waals surface area contributed by atoms with Gasteiger partial charge in [-0.25, -0.2) is 23.1 Å². The normalized spacial score (nSPS) is 44.6. The zero-order chi connectivity index (χ0) is 32.4. The number of aromatic nitrogens is 2. The number of nitrogens with zero attached hydrogens (tertiary/aromatic N) is 3. The minimum atomic E-state index is -3.97. The first kappa shape index (κ1) is 31.3. The third-order valence-corrected chi connectivity index (χ3v) is 15.0.